The van der Waals surface area contributed by atoms with Crippen LogP contribution in [0.5, 0.6) is 5.75 Å². The van der Waals surface area contributed by atoms with Crippen molar-refractivity contribution in [3.05, 3.63) is 22.7 Å². The molecule has 0 aliphatic heterocycles. The highest BCUT2D eigenvalue weighted by Gasteiger charge is 2.33. The Morgan fingerprint density at radius 2 is 2.05 bits per heavy atom. The van der Waals surface area contributed by atoms with Gasteiger partial charge in [-0.05, 0) is 38.0 Å². The summed E-state index contributed by atoms with van der Waals surface area (Å²) in [6, 6.07) is 4.91. The Balaban J connectivity index is 3.27. The van der Waals surface area contributed by atoms with Crippen LogP contribution in [0.3, 0.4) is 0 Å². The fraction of sp³-hybridized carbons (Fsp3) is 0.571. The van der Waals surface area contributed by atoms with E-state index in [9.17, 15) is 8.42 Å². The van der Waals surface area contributed by atoms with E-state index in [1.54, 1.807) is 19.1 Å². The van der Waals surface area contributed by atoms with Crippen molar-refractivity contribution in [2.75, 3.05) is 13.2 Å². The average Bonchev–Trinajstić information content (AvgIpc) is 2.40. The van der Waals surface area contributed by atoms with Crippen molar-refractivity contribution in [1.82, 2.24) is 4.72 Å². The fourth-order valence-corrected chi connectivity index (χ4v) is 3.95. The molecule has 0 saturated carbocycles. The lowest BCUT2D eigenvalue weighted by molar-refractivity contribution is 0.311. The number of benzene rings is 1. The minimum absolute atomic E-state index is 0.0555. The maximum absolute atomic E-state index is 12.7. The maximum Gasteiger partial charge on any atom is 0.244 e. The minimum Gasteiger partial charge on any atom is -0.492 e. The van der Waals surface area contributed by atoms with Crippen LogP contribution in [0.25, 0.3) is 0 Å². The van der Waals surface area contributed by atoms with Gasteiger partial charge in [-0.1, -0.05) is 29.8 Å². The number of ether oxygens (including phenoxy) is 1. The van der Waals surface area contributed by atoms with Gasteiger partial charge in [-0.2, -0.15) is 0 Å². The molecule has 3 N–H and O–H groups in total. The summed E-state index contributed by atoms with van der Waals surface area (Å²) >= 11 is 3.29. The van der Waals surface area contributed by atoms with Crippen LogP contribution in [0.4, 0.5) is 0 Å². The molecule has 5 nitrogen and oxygen atoms in total. The highest BCUT2D eigenvalue weighted by molar-refractivity contribution is 9.10. The molecule has 0 bridgehead atoms. The van der Waals surface area contributed by atoms with E-state index in [2.05, 4.69) is 20.7 Å². The van der Waals surface area contributed by atoms with Crippen molar-refractivity contribution in [1.29, 1.82) is 0 Å². The largest absolute Gasteiger partial charge is 0.492 e. The van der Waals surface area contributed by atoms with Crippen LogP contribution in [0.15, 0.2) is 27.6 Å². The number of nitrogens with two attached hydrogens (primary N) is 1. The second-order valence-corrected chi connectivity index (χ2v) is 7.97. The molecule has 0 heterocycles. The quantitative estimate of drug-likeness (QED) is 0.763. The molecule has 0 aliphatic carbocycles. The topological polar surface area (TPSA) is 81.4 Å². The van der Waals surface area contributed by atoms with E-state index < -0.39 is 15.6 Å². The Morgan fingerprint density at radius 1 is 1.43 bits per heavy atom. The number of nitrogens with one attached hydrogen (secondary N) is 1. The van der Waals surface area contributed by atoms with Gasteiger partial charge >= 0.3 is 0 Å². The first-order valence-electron chi connectivity index (χ1n) is 6.82. The monoisotopic (exact) mass is 378 g/mol. The molecule has 21 heavy (non-hydrogen) atoms. The van der Waals surface area contributed by atoms with E-state index in [0.717, 1.165) is 0 Å². The second-order valence-electron chi connectivity index (χ2n) is 5.41. The minimum atomic E-state index is -3.74. The summed E-state index contributed by atoms with van der Waals surface area (Å²) in [6.07, 6.45) is 0. The number of rotatable bonds is 7. The van der Waals surface area contributed by atoms with Crippen LogP contribution in [0.2, 0.25) is 0 Å². The van der Waals surface area contributed by atoms with Crippen molar-refractivity contribution in [2.24, 2.45) is 11.7 Å². The molecular formula is C14H23BrN2O3S. The Morgan fingerprint density at radius 3 is 2.52 bits per heavy atom. The number of hydrogen-bond acceptors (Lipinski definition) is 4. The van der Waals surface area contributed by atoms with E-state index in [0.29, 0.717) is 16.8 Å². The van der Waals surface area contributed by atoms with Crippen molar-refractivity contribution in [2.45, 2.75) is 38.1 Å². The lowest BCUT2D eigenvalue weighted by Crippen LogP contribution is -2.54. The Bertz CT molecular complexity index is 590. The molecule has 0 amide bonds. The summed E-state index contributed by atoms with van der Waals surface area (Å²) in [4.78, 5) is 0.110. The van der Waals surface area contributed by atoms with Crippen molar-refractivity contribution in [3.63, 3.8) is 0 Å². The molecule has 120 valence electrons. The zero-order valence-electron chi connectivity index (χ0n) is 12.8. The summed E-state index contributed by atoms with van der Waals surface area (Å²) in [5.41, 5.74) is 5.03. The first-order valence-corrected chi connectivity index (χ1v) is 9.10. The van der Waals surface area contributed by atoms with Gasteiger partial charge in [-0.25, -0.2) is 13.1 Å². The van der Waals surface area contributed by atoms with Gasteiger partial charge in [0.1, 0.15) is 10.6 Å². The summed E-state index contributed by atoms with van der Waals surface area (Å²) in [7, 11) is -3.74. The molecule has 0 saturated heterocycles. The van der Waals surface area contributed by atoms with Crippen LogP contribution in [0.1, 0.15) is 27.7 Å². The van der Waals surface area contributed by atoms with Crippen molar-refractivity contribution < 1.29 is 13.2 Å². The first-order chi connectivity index (χ1) is 9.66. The van der Waals surface area contributed by atoms with Gasteiger partial charge < -0.3 is 10.5 Å². The van der Waals surface area contributed by atoms with Gasteiger partial charge in [0, 0.05) is 16.6 Å². The van der Waals surface area contributed by atoms with Gasteiger partial charge in [0.05, 0.1) is 6.61 Å². The lowest BCUT2D eigenvalue weighted by atomic mass is 9.90. The van der Waals surface area contributed by atoms with E-state index in [4.69, 9.17) is 10.5 Å². The summed E-state index contributed by atoms with van der Waals surface area (Å²) in [5, 5.41) is 0. The van der Waals surface area contributed by atoms with Crippen LogP contribution in [-0.2, 0) is 10.0 Å². The number of sulfonamides is 1. The number of halogens is 1. The average molecular weight is 379 g/mol. The highest BCUT2D eigenvalue weighted by atomic mass is 79.9. The molecule has 1 unspecified atom stereocenters. The Labute approximate surface area is 135 Å². The molecular weight excluding hydrogens is 356 g/mol. The fourth-order valence-electron chi connectivity index (χ4n) is 1.72. The van der Waals surface area contributed by atoms with E-state index in [-0.39, 0.29) is 17.4 Å². The van der Waals surface area contributed by atoms with Crippen LogP contribution < -0.4 is 15.2 Å². The third-order valence-electron chi connectivity index (χ3n) is 3.56. The smallest absolute Gasteiger partial charge is 0.244 e. The second kappa shape index (κ2) is 7.09. The van der Waals surface area contributed by atoms with Crippen LogP contribution in [0, 0.1) is 5.92 Å². The lowest BCUT2D eigenvalue weighted by Gasteiger charge is -2.33. The zero-order valence-corrected chi connectivity index (χ0v) is 15.2. The van der Waals surface area contributed by atoms with Crippen LogP contribution in [-0.4, -0.2) is 27.1 Å². The SMILES string of the molecule is CCOc1ccc(Br)cc1S(=O)(=O)NC(C)(CN)C(C)C. The molecule has 0 fully saturated rings. The van der Waals surface area contributed by atoms with E-state index in [1.807, 2.05) is 20.8 Å². The zero-order chi connectivity index (χ0) is 16.3. The normalized spacial score (nSPS) is 15.0. The van der Waals surface area contributed by atoms with Gasteiger partial charge in [-0.3, -0.25) is 0 Å². The molecule has 1 rings (SSSR count). The third-order valence-corrected chi connectivity index (χ3v) is 5.69. The molecule has 1 aromatic rings. The van der Waals surface area contributed by atoms with E-state index in [1.165, 1.54) is 6.07 Å². The molecule has 0 radical (unpaired) electrons. The van der Waals surface area contributed by atoms with E-state index >= 15 is 0 Å². The molecule has 0 spiro atoms. The summed E-state index contributed by atoms with van der Waals surface area (Å²) in [6.45, 7) is 8.07. The van der Waals surface area contributed by atoms with Gasteiger partial charge in [0.25, 0.3) is 0 Å². The van der Waals surface area contributed by atoms with Gasteiger partial charge in [0.15, 0.2) is 0 Å². The van der Waals surface area contributed by atoms with Gasteiger partial charge in [0.2, 0.25) is 10.0 Å². The van der Waals surface area contributed by atoms with Crippen molar-refractivity contribution in [3.8, 4) is 5.75 Å². The summed E-state index contributed by atoms with van der Waals surface area (Å²) in [5.74, 6) is 0.385. The van der Waals surface area contributed by atoms with Crippen LogP contribution >= 0.6 is 15.9 Å². The third kappa shape index (κ3) is 4.42. The molecule has 7 heteroatoms. The Hall–Kier alpha value is -0.630. The number of hydrogen-bond donors (Lipinski definition) is 2. The maximum atomic E-state index is 12.7. The highest BCUT2D eigenvalue weighted by Crippen LogP contribution is 2.29. The summed E-state index contributed by atoms with van der Waals surface area (Å²) < 4.78 is 34.2. The molecule has 0 aliphatic rings. The first kappa shape index (κ1) is 18.4. The standard InChI is InChI=1S/C14H23BrN2O3S/c1-5-20-12-7-6-11(15)8-13(12)21(18,19)17-14(4,9-16)10(2)3/h6-8,10,17H,5,9,16H2,1-4H3. The van der Waals surface area contributed by atoms with Crippen molar-refractivity contribution >= 4 is 26.0 Å². The Kier molecular flexibility index (Phi) is 6.22. The van der Waals surface area contributed by atoms with Gasteiger partial charge in [-0.15, -0.1) is 0 Å². The molecule has 1 atom stereocenters. The molecule has 1 aromatic carbocycles. The predicted molar refractivity (Wildman–Crippen MR) is 87.9 cm³/mol. The molecule has 0 aromatic heterocycles. The predicted octanol–water partition coefficient (Wildman–Crippen LogP) is 2.50.